The maximum absolute atomic E-state index is 2.31. The van der Waals surface area contributed by atoms with Gasteiger partial charge in [-0.2, -0.15) is 0 Å². The minimum atomic E-state index is 0. The molecule has 14 aromatic carbocycles. The van der Waals surface area contributed by atoms with Crippen LogP contribution in [0.3, 0.4) is 0 Å². The predicted molar refractivity (Wildman–Crippen MR) is 323 cm³/mol. The number of benzene rings is 10. The Bertz CT molecular complexity index is 3780. The van der Waals surface area contributed by atoms with Crippen LogP contribution in [-0.4, -0.2) is 10.9 Å². The number of aryl methyl sites for hydroxylation is 2. The van der Waals surface area contributed by atoms with E-state index in [0.29, 0.717) is 0 Å². The van der Waals surface area contributed by atoms with Crippen molar-refractivity contribution in [3.8, 4) is 22.3 Å². The van der Waals surface area contributed by atoms with Crippen LogP contribution in [0.15, 0.2) is 255 Å². The molecule has 0 atom stereocenters. The first-order valence-corrected chi connectivity index (χ1v) is 37.8. The van der Waals surface area contributed by atoms with E-state index >= 15 is 0 Å². The van der Waals surface area contributed by atoms with Crippen molar-refractivity contribution in [3.05, 3.63) is 266 Å². The minimum Gasteiger partial charge on any atom is -1.00 e. The van der Waals surface area contributed by atoms with Gasteiger partial charge in [0.25, 0.3) is 0 Å². The third-order valence-electron chi connectivity index (χ3n) is 13.2. The zero-order chi connectivity index (χ0) is 51.6. The Morgan fingerprint density at radius 2 is 0.513 bits per heavy atom. The normalized spacial score (nSPS) is 10.4. The first-order chi connectivity index (χ1) is 36.0. The molecule has 0 bridgehead atoms. The molecule has 0 amide bonds. The van der Waals surface area contributed by atoms with E-state index in [1.807, 2.05) is 0 Å². The van der Waals surface area contributed by atoms with Gasteiger partial charge >= 0.3 is 83.7 Å². The molecule has 0 unspecified atom stereocenters. The molecule has 0 nitrogen and oxygen atoms in total. The van der Waals surface area contributed by atoms with Gasteiger partial charge in [-0.05, 0) is 46.5 Å². The van der Waals surface area contributed by atoms with E-state index in [0.717, 1.165) is 0 Å². The van der Waals surface area contributed by atoms with Gasteiger partial charge in [-0.25, -0.2) is 0 Å². The standard InChI is InChI=1S/2C20H15.2C13H9.2C2H6Si.2ClH.2Zr/c2*1-14-10-11-19(20-9-5-4-8-18(14)20)17-12-15-6-2-3-7-16(15)13-17;2*1-3-7-12-10(5-1)9-11-6-2-4-8-13(11)12;2*1-3-2;;;;/h2*2-13H,1H3;2*1-9H;2*1-2H3;2*1H;;/q4*-1;;;;;2*+2/p-2. The van der Waals surface area contributed by atoms with E-state index < -0.39 is 0 Å². The fraction of sp³-hybridized carbons (Fsp3) is 0.0857. The van der Waals surface area contributed by atoms with Gasteiger partial charge < -0.3 is 24.8 Å². The van der Waals surface area contributed by atoms with Gasteiger partial charge in [-0.3, -0.25) is 0 Å². The molecular weight excluding hydrogens is 1150 g/mol. The molecule has 6 heteroatoms. The number of rotatable bonds is 2. The van der Waals surface area contributed by atoms with Crippen molar-refractivity contribution in [2.24, 2.45) is 0 Å². The molecule has 0 spiro atoms. The fourth-order valence-corrected chi connectivity index (χ4v) is 9.82. The molecule has 76 heavy (non-hydrogen) atoms. The summed E-state index contributed by atoms with van der Waals surface area (Å²) in [6.45, 7) is 13.6. The smallest absolute Gasteiger partial charge is 0.0224 e. The first-order valence-electron chi connectivity index (χ1n) is 25.4. The maximum Gasteiger partial charge on any atom is -0.0224 e. The zero-order valence-corrected chi connectivity index (χ0v) is 52.4. The third-order valence-corrected chi connectivity index (χ3v) is 13.2. The van der Waals surface area contributed by atoms with Crippen LogP contribution >= 0.6 is 0 Å². The molecule has 0 aliphatic heterocycles. The summed E-state index contributed by atoms with van der Waals surface area (Å²) in [5.41, 5.74) is 8.35. The molecule has 0 heterocycles. The van der Waals surface area contributed by atoms with E-state index in [4.69, 9.17) is 0 Å². The SMILES string of the molecule is C[Si](C)=[Zr+2].C[Si](C)=[Zr+2].Cc1ccc(-c2cc3ccccc3[cH-]2)c2ccccc12.Cc1ccc(-c2cc3ccccc3[cH-]2)c2ccccc12.[Cl-].[Cl-].c1ccc2c(c1)[cH-]c1ccccc12.c1ccc2c(c1)[cH-]c1ccccc12. The molecule has 0 radical (unpaired) electrons. The van der Waals surface area contributed by atoms with Gasteiger partial charge in [0.05, 0.1) is 0 Å². The van der Waals surface area contributed by atoms with Gasteiger partial charge in [0.2, 0.25) is 0 Å². The Hall–Kier alpha value is -5.54. The van der Waals surface area contributed by atoms with Crippen molar-refractivity contribution in [1.29, 1.82) is 0 Å². The number of halogens is 2. The van der Waals surface area contributed by atoms with Crippen LogP contribution < -0.4 is 24.8 Å². The first kappa shape index (κ1) is 58.1. The summed E-state index contributed by atoms with van der Waals surface area (Å²) in [6.07, 6.45) is 0. The number of hydrogen-bond donors (Lipinski definition) is 0. The maximum atomic E-state index is 2.31. The van der Waals surface area contributed by atoms with Crippen molar-refractivity contribution in [2.45, 2.75) is 40.0 Å². The van der Waals surface area contributed by atoms with Gasteiger partial charge in [0.1, 0.15) is 0 Å². The monoisotopic (exact) mass is 1210 g/mol. The topological polar surface area (TPSA) is 0 Å². The molecule has 0 aliphatic rings. The average Bonchev–Trinajstić information content (AvgIpc) is 4.24. The second kappa shape index (κ2) is 27.7. The van der Waals surface area contributed by atoms with E-state index in [1.54, 1.807) is 46.7 Å². The van der Waals surface area contributed by atoms with Gasteiger partial charge in [-0.1, -0.05) is 193 Å². The summed E-state index contributed by atoms with van der Waals surface area (Å²) in [5.74, 6) is 0. The summed E-state index contributed by atoms with van der Waals surface area (Å²) in [7, 11) is 0. The van der Waals surface area contributed by atoms with E-state index in [9.17, 15) is 0 Å². The second-order valence-electron chi connectivity index (χ2n) is 19.3. The van der Waals surface area contributed by atoms with E-state index in [-0.39, 0.29) is 35.7 Å². The molecule has 0 aromatic heterocycles. The summed E-state index contributed by atoms with van der Waals surface area (Å²) in [5, 5.41) is 21.4. The Balaban J connectivity index is 0.000000142. The fourth-order valence-electron chi connectivity index (χ4n) is 9.82. The second-order valence-corrected chi connectivity index (χ2v) is 38.1. The molecule has 0 N–H and O–H groups in total. The quantitative estimate of drug-likeness (QED) is 0.120. The summed E-state index contributed by atoms with van der Waals surface area (Å²) < 4.78 is 0. The van der Waals surface area contributed by atoms with E-state index in [1.165, 1.54) is 120 Å². The molecule has 0 fully saturated rings. The van der Waals surface area contributed by atoms with Gasteiger partial charge in [-0.15, -0.1) is 149 Å². The number of fused-ring (bicyclic) bond motifs is 10. The number of hydrogen-bond acceptors (Lipinski definition) is 0. The molecule has 0 saturated heterocycles. The summed E-state index contributed by atoms with van der Waals surface area (Å²) in [6, 6.07) is 91.0. The average molecular weight is 1210 g/mol. The molecule has 372 valence electrons. The van der Waals surface area contributed by atoms with Gasteiger partial charge in [0, 0.05) is 0 Å². The molecule has 0 aliphatic carbocycles. The molecular formula is C70H60Cl2Si2Zr2-2. The van der Waals surface area contributed by atoms with Crippen LogP contribution in [0.1, 0.15) is 11.1 Å². The van der Waals surface area contributed by atoms with Crippen LogP contribution in [0.4, 0.5) is 0 Å². The molecule has 14 rings (SSSR count). The van der Waals surface area contributed by atoms with Crippen LogP contribution in [-0.2, 0) is 46.7 Å². The Morgan fingerprint density at radius 1 is 0.276 bits per heavy atom. The Kier molecular flexibility index (Phi) is 21.2. The van der Waals surface area contributed by atoms with Crippen LogP contribution in [0.5, 0.6) is 0 Å². The Labute approximate surface area is 491 Å². The Morgan fingerprint density at radius 3 is 0.803 bits per heavy atom. The predicted octanol–water partition coefficient (Wildman–Crippen LogP) is 14.4. The zero-order valence-electron chi connectivity index (χ0n) is 44.0. The minimum absolute atomic E-state index is 0. The summed E-state index contributed by atoms with van der Waals surface area (Å²) in [4.78, 5) is 0. The van der Waals surface area contributed by atoms with Gasteiger partial charge in [0.15, 0.2) is 0 Å². The van der Waals surface area contributed by atoms with Crippen molar-refractivity contribution in [3.63, 3.8) is 0 Å². The van der Waals surface area contributed by atoms with Crippen molar-refractivity contribution < 1.29 is 71.5 Å². The van der Waals surface area contributed by atoms with Crippen molar-refractivity contribution in [1.82, 2.24) is 0 Å². The summed E-state index contributed by atoms with van der Waals surface area (Å²) >= 11 is 3.48. The van der Waals surface area contributed by atoms with Crippen LogP contribution in [0.2, 0.25) is 26.2 Å². The molecule has 14 aromatic rings. The van der Waals surface area contributed by atoms with Crippen molar-refractivity contribution in [2.75, 3.05) is 0 Å². The van der Waals surface area contributed by atoms with Crippen molar-refractivity contribution >= 4 is 97.0 Å². The van der Waals surface area contributed by atoms with Crippen LogP contribution in [0.25, 0.3) is 108 Å². The van der Waals surface area contributed by atoms with Crippen LogP contribution in [0, 0.1) is 13.8 Å². The third kappa shape index (κ3) is 14.1. The van der Waals surface area contributed by atoms with E-state index in [2.05, 4.69) is 295 Å². The largest absolute Gasteiger partial charge is 1.00 e. The molecule has 0 saturated carbocycles.